The van der Waals surface area contributed by atoms with Crippen molar-refractivity contribution in [3.63, 3.8) is 0 Å². The molecule has 0 aliphatic carbocycles. The summed E-state index contributed by atoms with van der Waals surface area (Å²) in [5, 5.41) is 7.48. The van der Waals surface area contributed by atoms with Gasteiger partial charge in [0, 0.05) is 12.1 Å². The number of carbonyl (C=O) groups excluding carboxylic acids is 2. The lowest BCUT2D eigenvalue weighted by atomic mass is 10.1. The second kappa shape index (κ2) is 7.49. The van der Waals surface area contributed by atoms with Gasteiger partial charge in [-0.2, -0.15) is 5.10 Å². The van der Waals surface area contributed by atoms with Gasteiger partial charge < -0.3 is 10.1 Å². The van der Waals surface area contributed by atoms with E-state index >= 15 is 0 Å². The van der Waals surface area contributed by atoms with Crippen molar-refractivity contribution in [2.75, 3.05) is 5.32 Å². The monoisotopic (exact) mass is 349 g/mol. The zero-order valence-electron chi connectivity index (χ0n) is 14.1. The van der Waals surface area contributed by atoms with Gasteiger partial charge in [0.05, 0.1) is 23.5 Å². The molecule has 2 rings (SSSR count). The molecule has 1 atom stereocenters. The second-order valence-electron chi connectivity index (χ2n) is 5.56. The van der Waals surface area contributed by atoms with Crippen molar-refractivity contribution in [3.8, 4) is 0 Å². The first-order valence-corrected chi connectivity index (χ1v) is 7.91. The van der Waals surface area contributed by atoms with E-state index in [2.05, 4.69) is 10.4 Å². The zero-order valence-corrected chi connectivity index (χ0v) is 14.8. The van der Waals surface area contributed by atoms with Gasteiger partial charge in [-0.15, -0.1) is 0 Å². The third-order valence-electron chi connectivity index (χ3n) is 3.73. The van der Waals surface area contributed by atoms with Crippen LogP contribution >= 0.6 is 11.6 Å². The van der Waals surface area contributed by atoms with Crippen LogP contribution in [0.25, 0.3) is 0 Å². The van der Waals surface area contributed by atoms with Crippen LogP contribution in [0.4, 0.5) is 5.69 Å². The lowest BCUT2D eigenvalue weighted by Gasteiger charge is -2.14. The molecule has 7 heteroatoms. The van der Waals surface area contributed by atoms with Crippen LogP contribution in [-0.4, -0.2) is 27.8 Å². The maximum atomic E-state index is 12.2. The van der Waals surface area contributed by atoms with Gasteiger partial charge in [0.25, 0.3) is 5.91 Å². The van der Waals surface area contributed by atoms with Crippen molar-refractivity contribution in [3.05, 3.63) is 46.2 Å². The average Bonchev–Trinajstić information content (AvgIpc) is 2.75. The highest BCUT2D eigenvalue weighted by Gasteiger charge is 2.21. The molecule has 0 radical (unpaired) electrons. The van der Waals surface area contributed by atoms with Crippen molar-refractivity contribution < 1.29 is 14.3 Å². The summed E-state index contributed by atoms with van der Waals surface area (Å²) in [5.74, 6) is -0.910. The summed E-state index contributed by atoms with van der Waals surface area (Å²) in [6.45, 7) is 5.18. The van der Waals surface area contributed by atoms with E-state index < -0.39 is 18.0 Å². The Morgan fingerprint density at radius 3 is 2.58 bits per heavy atom. The first kappa shape index (κ1) is 18.0. The van der Waals surface area contributed by atoms with E-state index in [1.165, 1.54) is 6.92 Å². The van der Waals surface area contributed by atoms with Crippen LogP contribution in [0, 0.1) is 13.8 Å². The normalized spacial score (nSPS) is 11.9. The highest BCUT2D eigenvalue weighted by atomic mass is 35.5. The van der Waals surface area contributed by atoms with Gasteiger partial charge >= 0.3 is 5.97 Å². The number of aryl methyl sites for hydroxylation is 2. The molecule has 1 aromatic carbocycles. The van der Waals surface area contributed by atoms with Crippen LogP contribution in [-0.2, 0) is 27.8 Å². The van der Waals surface area contributed by atoms with Gasteiger partial charge in [0.2, 0.25) is 0 Å². The van der Waals surface area contributed by atoms with E-state index in [-0.39, 0.29) is 6.42 Å². The van der Waals surface area contributed by atoms with Crippen molar-refractivity contribution in [2.24, 2.45) is 7.05 Å². The van der Waals surface area contributed by atoms with Crippen molar-refractivity contribution in [2.45, 2.75) is 33.3 Å². The minimum Gasteiger partial charge on any atom is -0.452 e. The minimum atomic E-state index is -0.918. The summed E-state index contributed by atoms with van der Waals surface area (Å²) in [6, 6.07) is 7.02. The number of halogens is 1. The molecule has 0 unspecified atom stereocenters. The van der Waals surface area contributed by atoms with Crippen LogP contribution in [0.5, 0.6) is 0 Å². The lowest BCUT2D eigenvalue weighted by molar-refractivity contribution is -0.152. The zero-order chi connectivity index (χ0) is 17.9. The standard InChI is InChI=1S/C17H20ClN3O3/c1-10-16(11(2)21(4)20-10)19-17(23)12(3)24-15(22)9-13-7-5-6-8-14(13)18/h5-8,12H,9H2,1-4H3,(H,19,23)/t12-/m1/s1. The van der Waals surface area contributed by atoms with Gasteiger partial charge in [-0.3, -0.25) is 14.3 Å². The number of nitrogens with zero attached hydrogens (tertiary/aromatic N) is 2. The maximum absolute atomic E-state index is 12.2. The number of hydrogen-bond acceptors (Lipinski definition) is 4. The van der Waals surface area contributed by atoms with E-state index in [0.717, 1.165) is 5.69 Å². The molecule has 1 amide bonds. The highest BCUT2D eigenvalue weighted by Crippen LogP contribution is 2.19. The summed E-state index contributed by atoms with van der Waals surface area (Å²) >= 11 is 6.02. The predicted molar refractivity (Wildman–Crippen MR) is 92.0 cm³/mol. The summed E-state index contributed by atoms with van der Waals surface area (Å²) in [4.78, 5) is 24.2. The number of carbonyl (C=O) groups is 2. The van der Waals surface area contributed by atoms with E-state index in [1.54, 1.807) is 42.9 Å². The van der Waals surface area contributed by atoms with Crippen molar-refractivity contribution in [1.82, 2.24) is 9.78 Å². The van der Waals surface area contributed by atoms with Gasteiger partial charge in [0.15, 0.2) is 6.10 Å². The molecule has 0 saturated heterocycles. The summed E-state index contributed by atoms with van der Waals surface area (Å²) in [5.41, 5.74) is 2.83. The SMILES string of the molecule is Cc1nn(C)c(C)c1NC(=O)[C@@H](C)OC(=O)Cc1ccccc1Cl. The van der Waals surface area contributed by atoms with Gasteiger partial charge in [0.1, 0.15) is 0 Å². The molecule has 0 aliphatic heterocycles. The maximum Gasteiger partial charge on any atom is 0.311 e. The molecule has 0 saturated carbocycles. The number of anilines is 1. The van der Waals surface area contributed by atoms with Crippen molar-refractivity contribution >= 4 is 29.2 Å². The topological polar surface area (TPSA) is 73.2 Å². The molecule has 0 fully saturated rings. The molecular weight excluding hydrogens is 330 g/mol. The fourth-order valence-electron chi connectivity index (χ4n) is 2.27. The number of ether oxygens (including phenoxy) is 1. The largest absolute Gasteiger partial charge is 0.452 e. The minimum absolute atomic E-state index is 0.0161. The Bertz CT molecular complexity index is 770. The van der Waals surface area contributed by atoms with Crippen LogP contribution < -0.4 is 5.32 Å². The molecule has 24 heavy (non-hydrogen) atoms. The van der Waals surface area contributed by atoms with Gasteiger partial charge in [-0.25, -0.2) is 0 Å². The van der Waals surface area contributed by atoms with E-state index in [4.69, 9.17) is 16.3 Å². The molecule has 1 heterocycles. The first-order chi connectivity index (χ1) is 11.3. The number of rotatable bonds is 5. The van der Waals surface area contributed by atoms with Gasteiger partial charge in [-0.1, -0.05) is 29.8 Å². The van der Waals surface area contributed by atoms with E-state index in [9.17, 15) is 9.59 Å². The van der Waals surface area contributed by atoms with Crippen LogP contribution in [0.3, 0.4) is 0 Å². The Kier molecular flexibility index (Phi) is 5.62. The smallest absolute Gasteiger partial charge is 0.311 e. The number of aromatic nitrogens is 2. The molecule has 0 spiro atoms. The summed E-state index contributed by atoms with van der Waals surface area (Å²) in [6.07, 6.45) is -0.901. The summed E-state index contributed by atoms with van der Waals surface area (Å²) in [7, 11) is 1.80. The summed E-state index contributed by atoms with van der Waals surface area (Å²) < 4.78 is 6.87. The Balaban J connectivity index is 1.96. The van der Waals surface area contributed by atoms with Crippen LogP contribution in [0.1, 0.15) is 23.9 Å². The third kappa shape index (κ3) is 4.14. The van der Waals surface area contributed by atoms with Crippen molar-refractivity contribution in [1.29, 1.82) is 0 Å². The predicted octanol–water partition coefficient (Wildman–Crippen LogP) is 2.80. The molecular formula is C17H20ClN3O3. The number of esters is 1. The van der Waals surface area contributed by atoms with Gasteiger partial charge in [-0.05, 0) is 32.4 Å². The number of nitrogens with one attached hydrogen (secondary N) is 1. The molecule has 0 bridgehead atoms. The van der Waals surface area contributed by atoms with E-state index in [1.807, 2.05) is 6.92 Å². The number of benzene rings is 1. The molecule has 6 nitrogen and oxygen atoms in total. The van der Waals surface area contributed by atoms with Crippen LogP contribution in [0.15, 0.2) is 24.3 Å². The van der Waals surface area contributed by atoms with Crippen LogP contribution in [0.2, 0.25) is 5.02 Å². The molecule has 0 aliphatic rings. The first-order valence-electron chi connectivity index (χ1n) is 7.53. The fourth-order valence-corrected chi connectivity index (χ4v) is 2.47. The molecule has 128 valence electrons. The lowest BCUT2D eigenvalue weighted by Crippen LogP contribution is -2.30. The Morgan fingerprint density at radius 2 is 2.00 bits per heavy atom. The second-order valence-corrected chi connectivity index (χ2v) is 5.97. The molecule has 1 aromatic heterocycles. The molecule has 1 N–H and O–H groups in total. The molecule has 2 aromatic rings. The third-order valence-corrected chi connectivity index (χ3v) is 4.10. The Hall–Kier alpha value is -2.34. The number of amides is 1. The number of hydrogen-bond donors (Lipinski definition) is 1. The fraction of sp³-hybridized carbons (Fsp3) is 0.353. The Morgan fingerprint density at radius 1 is 1.33 bits per heavy atom. The quantitative estimate of drug-likeness (QED) is 0.842. The van der Waals surface area contributed by atoms with E-state index in [0.29, 0.717) is 22.0 Å². The highest BCUT2D eigenvalue weighted by molar-refractivity contribution is 6.31. The average molecular weight is 350 g/mol. The Labute approximate surface area is 145 Å².